The first-order valence-corrected chi connectivity index (χ1v) is 7.23. The van der Waals surface area contributed by atoms with Crippen molar-refractivity contribution in [2.24, 2.45) is 4.99 Å². The molecule has 0 aromatic rings. The second kappa shape index (κ2) is 9.70. The number of rotatable bonds is 6. The summed E-state index contributed by atoms with van der Waals surface area (Å²) in [5.41, 5.74) is 0. The van der Waals surface area contributed by atoms with E-state index in [0.717, 1.165) is 6.26 Å². The number of nitrogens with zero attached hydrogens (tertiary/aromatic N) is 1. The Hall–Kier alpha value is -0.190. The highest BCUT2D eigenvalue weighted by molar-refractivity contribution is 14.0. The van der Waals surface area contributed by atoms with E-state index in [2.05, 4.69) is 15.6 Å². The van der Waals surface area contributed by atoms with E-state index in [-0.39, 0.29) is 41.7 Å². The standard InChI is InChI=1S/C9H19F2N3O2S.HI/c1-7(4-5-17(3,15)16)14-9(12-2)13-6-8(10)11;/h7-8H,4-6H2,1-3H3,(H2,12,13,14);1H. The van der Waals surface area contributed by atoms with Crippen LogP contribution in [-0.2, 0) is 9.84 Å². The molecule has 0 amide bonds. The molecule has 0 fully saturated rings. The first-order valence-electron chi connectivity index (χ1n) is 5.17. The lowest BCUT2D eigenvalue weighted by molar-refractivity contribution is 0.152. The Morgan fingerprint density at radius 3 is 2.33 bits per heavy atom. The number of hydrogen-bond donors (Lipinski definition) is 2. The summed E-state index contributed by atoms with van der Waals surface area (Å²) in [6, 6.07) is -0.159. The molecule has 0 rings (SSSR count). The number of hydrogen-bond acceptors (Lipinski definition) is 3. The molecule has 18 heavy (non-hydrogen) atoms. The fraction of sp³-hybridized carbons (Fsp3) is 0.889. The SMILES string of the molecule is CN=C(NCC(F)F)NC(C)CCS(C)(=O)=O.I. The van der Waals surface area contributed by atoms with Crippen LogP contribution in [0.1, 0.15) is 13.3 Å². The number of aliphatic imine (C=N–C) groups is 1. The molecule has 0 aliphatic rings. The zero-order valence-corrected chi connectivity index (χ0v) is 13.8. The van der Waals surface area contributed by atoms with Crippen LogP contribution in [0.4, 0.5) is 8.78 Å². The summed E-state index contributed by atoms with van der Waals surface area (Å²) in [5.74, 6) is 0.291. The fourth-order valence-electron chi connectivity index (χ4n) is 1.06. The van der Waals surface area contributed by atoms with Gasteiger partial charge < -0.3 is 10.6 Å². The van der Waals surface area contributed by atoms with Crippen molar-refractivity contribution in [3.63, 3.8) is 0 Å². The van der Waals surface area contributed by atoms with Crippen molar-refractivity contribution in [2.45, 2.75) is 25.8 Å². The summed E-state index contributed by atoms with van der Waals surface area (Å²) >= 11 is 0. The molecule has 0 saturated carbocycles. The van der Waals surface area contributed by atoms with Gasteiger partial charge in [0, 0.05) is 19.3 Å². The molecule has 1 unspecified atom stereocenters. The maximum absolute atomic E-state index is 11.9. The van der Waals surface area contributed by atoms with Crippen LogP contribution < -0.4 is 10.6 Å². The van der Waals surface area contributed by atoms with Crippen molar-refractivity contribution in [3.8, 4) is 0 Å². The highest BCUT2D eigenvalue weighted by Crippen LogP contribution is 1.95. The van der Waals surface area contributed by atoms with Gasteiger partial charge in [-0.05, 0) is 13.3 Å². The summed E-state index contributed by atoms with van der Waals surface area (Å²) in [6.45, 7) is 1.28. The third-order valence-electron chi connectivity index (χ3n) is 1.95. The molecule has 5 nitrogen and oxygen atoms in total. The summed E-state index contributed by atoms with van der Waals surface area (Å²) in [4.78, 5) is 3.76. The molecule has 0 aromatic heterocycles. The van der Waals surface area contributed by atoms with Gasteiger partial charge in [-0.3, -0.25) is 4.99 Å². The van der Waals surface area contributed by atoms with Crippen molar-refractivity contribution in [2.75, 3.05) is 25.6 Å². The lowest BCUT2D eigenvalue weighted by Gasteiger charge is -2.17. The van der Waals surface area contributed by atoms with Crippen molar-refractivity contribution < 1.29 is 17.2 Å². The Morgan fingerprint density at radius 1 is 1.39 bits per heavy atom. The minimum Gasteiger partial charge on any atom is -0.354 e. The van der Waals surface area contributed by atoms with Gasteiger partial charge in [-0.2, -0.15) is 0 Å². The molecule has 9 heteroatoms. The third kappa shape index (κ3) is 12.3. The summed E-state index contributed by atoms with van der Waals surface area (Å²) in [6.07, 6.45) is -0.905. The van der Waals surface area contributed by atoms with E-state index < -0.39 is 22.8 Å². The van der Waals surface area contributed by atoms with Gasteiger partial charge in [0.05, 0.1) is 12.3 Å². The van der Waals surface area contributed by atoms with Crippen molar-refractivity contribution in [3.05, 3.63) is 0 Å². The molecule has 0 aliphatic heterocycles. The van der Waals surface area contributed by atoms with Gasteiger partial charge in [-0.1, -0.05) is 0 Å². The monoisotopic (exact) mass is 399 g/mol. The molecule has 0 heterocycles. The number of sulfone groups is 1. The molecule has 1 atom stereocenters. The van der Waals surface area contributed by atoms with Crippen LogP contribution in [0, 0.1) is 0 Å². The highest BCUT2D eigenvalue weighted by atomic mass is 127. The van der Waals surface area contributed by atoms with E-state index in [0.29, 0.717) is 6.42 Å². The Kier molecular flexibility index (Phi) is 10.9. The molecule has 0 saturated heterocycles. The quantitative estimate of drug-likeness (QED) is 0.395. The smallest absolute Gasteiger partial charge is 0.255 e. The largest absolute Gasteiger partial charge is 0.354 e. The normalized spacial score (nSPS) is 14.0. The highest BCUT2D eigenvalue weighted by Gasteiger charge is 2.10. The minimum atomic E-state index is -3.01. The Morgan fingerprint density at radius 2 is 1.94 bits per heavy atom. The summed E-state index contributed by atoms with van der Waals surface area (Å²) in [7, 11) is -1.55. The fourth-order valence-corrected chi connectivity index (χ4v) is 1.85. The van der Waals surface area contributed by atoms with Crippen LogP contribution in [-0.4, -0.2) is 52.4 Å². The zero-order valence-electron chi connectivity index (χ0n) is 10.6. The predicted molar refractivity (Wildman–Crippen MR) is 79.7 cm³/mol. The molecule has 0 aromatic carbocycles. The van der Waals surface area contributed by atoms with Crippen LogP contribution in [0.15, 0.2) is 4.99 Å². The Balaban J connectivity index is 0. The average molecular weight is 399 g/mol. The topological polar surface area (TPSA) is 70.6 Å². The van der Waals surface area contributed by atoms with E-state index in [1.165, 1.54) is 7.05 Å². The third-order valence-corrected chi connectivity index (χ3v) is 2.93. The van der Waals surface area contributed by atoms with Crippen molar-refractivity contribution in [1.82, 2.24) is 10.6 Å². The molecule has 0 bridgehead atoms. The molecule has 110 valence electrons. The molecule has 0 spiro atoms. The lowest BCUT2D eigenvalue weighted by Crippen LogP contribution is -2.44. The minimum absolute atomic E-state index is 0. The summed E-state index contributed by atoms with van der Waals surface area (Å²) in [5, 5.41) is 5.27. The number of nitrogens with one attached hydrogen (secondary N) is 2. The van der Waals surface area contributed by atoms with E-state index in [1.54, 1.807) is 6.92 Å². The zero-order chi connectivity index (χ0) is 13.5. The van der Waals surface area contributed by atoms with Gasteiger partial charge >= 0.3 is 0 Å². The van der Waals surface area contributed by atoms with E-state index in [9.17, 15) is 17.2 Å². The lowest BCUT2D eigenvalue weighted by atomic mass is 10.3. The average Bonchev–Trinajstić information content (AvgIpc) is 2.20. The summed E-state index contributed by atoms with van der Waals surface area (Å²) < 4.78 is 45.8. The van der Waals surface area contributed by atoms with Crippen LogP contribution in [0.3, 0.4) is 0 Å². The van der Waals surface area contributed by atoms with Gasteiger partial charge in [0.1, 0.15) is 9.84 Å². The first kappa shape index (κ1) is 20.1. The van der Waals surface area contributed by atoms with Crippen LogP contribution in [0.5, 0.6) is 0 Å². The van der Waals surface area contributed by atoms with Crippen LogP contribution >= 0.6 is 24.0 Å². The number of halogens is 3. The van der Waals surface area contributed by atoms with Crippen LogP contribution in [0.25, 0.3) is 0 Å². The van der Waals surface area contributed by atoms with E-state index >= 15 is 0 Å². The van der Waals surface area contributed by atoms with Gasteiger partial charge in [0.25, 0.3) is 6.43 Å². The molecule has 0 aliphatic carbocycles. The molecule has 0 radical (unpaired) electrons. The second-order valence-corrected chi connectivity index (χ2v) is 6.07. The number of guanidine groups is 1. The molecule has 2 N–H and O–H groups in total. The maximum Gasteiger partial charge on any atom is 0.255 e. The number of alkyl halides is 2. The van der Waals surface area contributed by atoms with E-state index in [1.807, 2.05) is 0 Å². The predicted octanol–water partition coefficient (Wildman–Crippen LogP) is 0.858. The second-order valence-electron chi connectivity index (χ2n) is 3.81. The first-order chi connectivity index (χ1) is 7.74. The van der Waals surface area contributed by atoms with Crippen molar-refractivity contribution >= 4 is 39.8 Å². The molecular weight excluding hydrogens is 379 g/mol. The van der Waals surface area contributed by atoms with Crippen molar-refractivity contribution in [1.29, 1.82) is 0 Å². The van der Waals surface area contributed by atoms with Crippen LogP contribution in [0.2, 0.25) is 0 Å². The van der Waals surface area contributed by atoms with Gasteiger partial charge in [0.2, 0.25) is 0 Å². The van der Waals surface area contributed by atoms with Gasteiger partial charge in [-0.15, -0.1) is 24.0 Å². The van der Waals surface area contributed by atoms with Gasteiger partial charge in [-0.25, -0.2) is 17.2 Å². The molecular formula is C9H20F2IN3O2S. The van der Waals surface area contributed by atoms with E-state index in [4.69, 9.17) is 0 Å². The Labute approximate surface area is 124 Å². The van der Waals surface area contributed by atoms with Gasteiger partial charge in [0.15, 0.2) is 5.96 Å². The maximum atomic E-state index is 11.9. The Bertz CT molecular complexity index is 350.